The minimum Gasteiger partial charge on any atom is -0.508 e. The highest BCUT2D eigenvalue weighted by molar-refractivity contribution is 7.13. The number of thiazole rings is 1. The maximum atomic E-state index is 17.4. The van der Waals surface area contributed by atoms with Gasteiger partial charge < -0.3 is 49.3 Å². The first-order valence-corrected chi connectivity index (χ1v) is 32.9. The number of aliphatic hydroxyl groups is 2. The Labute approximate surface area is 528 Å². The number of carbonyl (C=O) groups excluding carboxylic acids is 3. The number of fused-ring (bicyclic) bond motifs is 4. The molecule has 0 saturated carbocycles. The standard InChI is InChI=1S/C68H84FN11O9S/c1-9-43-11-10-12-46-29-49(81)30-51(57(43)46)59-58(69)60-52(34-70-59)62(78-35-47-17-18-48(36-78)80(47)66(85)88-67(6,7)8)74-65(73-60)87-28-27-76-25-21-68(86,22-26-76)33-42-19-23-77(24-20-42)55-32-54(89-75-55)56(39(2)3)64(84)79-37-50(82)31-53(79)63(83)72-40(4)44-13-15-45(16-14-44)61-41(5)71-38-90-61/h10-16,29-30,32,34,38-40,42,47-48,50,53,56,81-82,86H,9,17-28,31,33,35-37H2,1-8H3,(H,72,83)/t40?,47?,48?,50-,53+,56?/m1/s1. The molecule has 0 radical (unpaired) electrons. The van der Waals surface area contributed by atoms with Crippen LogP contribution >= 0.6 is 11.3 Å². The fourth-order valence-electron chi connectivity index (χ4n) is 14.4. The normalized spacial score (nSPS) is 21.4. The van der Waals surface area contributed by atoms with Crippen LogP contribution in [0.5, 0.6) is 11.8 Å². The summed E-state index contributed by atoms with van der Waals surface area (Å²) in [5.74, 6) is -0.344. The summed E-state index contributed by atoms with van der Waals surface area (Å²) in [6.07, 6.45) is 6.40. The van der Waals surface area contributed by atoms with E-state index in [-0.39, 0.29) is 84.5 Å². The number of phenols is 1. The molecule has 4 aromatic heterocycles. The third kappa shape index (κ3) is 13.0. The molecule has 3 aromatic carbocycles. The molecule has 7 aromatic rings. The van der Waals surface area contributed by atoms with Crippen LogP contribution in [-0.4, -0.2) is 167 Å². The Hall–Kier alpha value is -7.53. The predicted molar refractivity (Wildman–Crippen MR) is 343 cm³/mol. The molecule has 5 aliphatic heterocycles. The highest BCUT2D eigenvalue weighted by Gasteiger charge is 2.47. The second-order valence-corrected chi connectivity index (χ2v) is 27.8. The SMILES string of the molecule is CCc1cccc2cc(O)cc(-c3ncc4c(N5CC6CCC(C5)N6C(=O)OC(C)(C)C)nc(OCCN5CCC(O)(CC6CCN(c7cc(C(C(=O)N8C[C@H](O)C[C@H]8C(=O)NC(C)c8ccc(-c9scnc9C)cc8)C(C)C)on7)CC6)CC5)nc4c3F)c12. The predicted octanol–water partition coefficient (Wildman–Crippen LogP) is 10.4. The van der Waals surface area contributed by atoms with Gasteiger partial charge in [0.25, 0.3) is 0 Å². The number of benzene rings is 3. The summed E-state index contributed by atoms with van der Waals surface area (Å²) in [5.41, 5.74) is 4.86. The Kier molecular flexibility index (Phi) is 17.8. The van der Waals surface area contributed by atoms with E-state index < -0.39 is 35.1 Å². The van der Waals surface area contributed by atoms with Gasteiger partial charge in [-0.25, -0.2) is 14.2 Å². The van der Waals surface area contributed by atoms with Crippen LogP contribution in [0.15, 0.2) is 76.9 Å². The van der Waals surface area contributed by atoms with E-state index >= 15 is 4.39 Å². The van der Waals surface area contributed by atoms with E-state index in [0.717, 1.165) is 63.7 Å². The third-order valence-electron chi connectivity index (χ3n) is 19.1. The largest absolute Gasteiger partial charge is 0.508 e. The van der Waals surface area contributed by atoms with Crippen LogP contribution in [0.25, 0.3) is 43.4 Å². The number of nitrogens with one attached hydrogen (secondary N) is 1. The molecular formula is C68H84FN11O9S. The first-order valence-electron chi connectivity index (χ1n) is 32.1. The Morgan fingerprint density at radius 3 is 2.33 bits per heavy atom. The molecule has 12 rings (SSSR count). The van der Waals surface area contributed by atoms with Crippen LogP contribution in [-0.2, 0) is 20.7 Å². The Bertz CT molecular complexity index is 3750. The first kappa shape index (κ1) is 62.7. The summed E-state index contributed by atoms with van der Waals surface area (Å²) in [5, 5.41) is 43.3. The Morgan fingerprint density at radius 1 is 0.922 bits per heavy atom. The maximum absolute atomic E-state index is 17.4. The van der Waals surface area contributed by atoms with Crippen LogP contribution in [0.3, 0.4) is 0 Å². The number of aromatic nitrogens is 5. The number of pyridine rings is 1. The van der Waals surface area contributed by atoms with Crippen molar-refractivity contribution in [2.24, 2.45) is 11.8 Å². The molecule has 90 heavy (non-hydrogen) atoms. The highest BCUT2D eigenvalue weighted by atomic mass is 32.1. The second-order valence-electron chi connectivity index (χ2n) is 26.9. The van der Waals surface area contributed by atoms with E-state index in [4.69, 9.17) is 28.9 Å². The summed E-state index contributed by atoms with van der Waals surface area (Å²) in [7, 11) is 0. The van der Waals surface area contributed by atoms with E-state index in [1.165, 1.54) is 4.90 Å². The van der Waals surface area contributed by atoms with Crippen LogP contribution in [0.4, 0.5) is 20.8 Å². The van der Waals surface area contributed by atoms with Gasteiger partial charge >= 0.3 is 12.1 Å². The molecule has 22 heteroatoms. The van der Waals surface area contributed by atoms with Crippen molar-refractivity contribution in [3.63, 3.8) is 0 Å². The number of carbonyl (C=O) groups is 3. The van der Waals surface area contributed by atoms with Gasteiger partial charge in [-0.05, 0) is 137 Å². The Morgan fingerprint density at radius 2 is 1.66 bits per heavy atom. The first-order chi connectivity index (χ1) is 43.1. The van der Waals surface area contributed by atoms with Crippen molar-refractivity contribution in [2.45, 2.75) is 161 Å². The van der Waals surface area contributed by atoms with E-state index in [2.05, 4.69) is 30.2 Å². The number of amides is 3. The summed E-state index contributed by atoms with van der Waals surface area (Å²) >= 11 is 1.58. The molecule has 0 aliphatic carbocycles. The van der Waals surface area contributed by atoms with Gasteiger partial charge in [0.1, 0.15) is 46.9 Å². The van der Waals surface area contributed by atoms with Crippen molar-refractivity contribution >= 4 is 62.6 Å². The van der Waals surface area contributed by atoms with Crippen LogP contribution in [0.2, 0.25) is 0 Å². The zero-order chi connectivity index (χ0) is 63.3. The quantitative estimate of drug-likeness (QED) is 0.0663. The van der Waals surface area contributed by atoms with E-state index in [1.54, 1.807) is 29.7 Å². The number of phenolic OH excluding ortho intramolecular Hbond substituents is 1. The van der Waals surface area contributed by atoms with E-state index in [9.17, 15) is 29.7 Å². The molecule has 2 bridgehead atoms. The van der Waals surface area contributed by atoms with Gasteiger partial charge in [0.2, 0.25) is 11.8 Å². The molecule has 0 spiro atoms. The molecule has 478 valence electrons. The van der Waals surface area contributed by atoms with Crippen molar-refractivity contribution < 1.29 is 48.1 Å². The van der Waals surface area contributed by atoms with Crippen molar-refractivity contribution in [2.75, 3.05) is 68.8 Å². The maximum Gasteiger partial charge on any atom is 0.410 e. The van der Waals surface area contributed by atoms with Crippen molar-refractivity contribution in [3.8, 4) is 33.5 Å². The number of piperazine rings is 1. The number of hydrogen-bond acceptors (Lipinski definition) is 18. The van der Waals surface area contributed by atoms with Gasteiger partial charge in [0, 0.05) is 76.6 Å². The molecule has 4 unspecified atom stereocenters. The molecule has 20 nitrogen and oxygen atoms in total. The molecule has 5 aliphatic rings. The summed E-state index contributed by atoms with van der Waals surface area (Å²) in [6, 6.07) is 17.5. The van der Waals surface area contributed by atoms with Gasteiger partial charge in [-0.1, -0.05) is 68.4 Å². The number of ether oxygens (including phenoxy) is 2. The molecular weight excluding hydrogens is 1170 g/mol. The van der Waals surface area contributed by atoms with Gasteiger partial charge in [0.15, 0.2) is 17.4 Å². The zero-order valence-electron chi connectivity index (χ0n) is 52.8. The van der Waals surface area contributed by atoms with Gasteiger partial charge in [-0.15, -0.1) is 11.3 Å². The number of halogens is 1. The number of anilines is 2. The fourth-order valence-corrected chi connectivity index (χ4v) is 15.2. The van der Waals surface area contributed by atoms with Crippen molar-refractivity contribution in [1.82, 2.24) is 45.1 Å². The lowest BCUT2D eigenvalue weighted by Gasteiger charge is -2.42. The number of aryl methyl sites for hydroxylation is 2. The lowest BCUT2D eigenvalue weighted by molar-refractivity contribution is -0.141. The fraction of sp³-hybridized carbons (Fsp3) is 0.529. The van der Waals surface area contributed by atoms with Crippen molar-refractivity contribution in [3.05, 3.63) is 101 Å². The number of β-amino-alcohol motifs (C(OH)–C–C–N with tert-alkyl or cyclic N) is 1. The average Bonchev–Trinajstić information content (AvgIpc) is 0.953. The molecule has 9 heterocycles. The van der Waals surface area contributed by atoms with Gasteiger partial charge in [0.05, 0.1) is 51.3 Å². The monoisotopic (exact) mass is 1250 g/mol. The van der Waals surface area contributed by atoms with Gasteiger partial charge in [-0.3, -0.25) is 24.4 Å². The molecule has 5 fully saturated rings. The molecule has 5 saturated heterocycles. The summed E-state index contributed by atoms with van der Waals surface area (Å²) in [4.78, 5) is 71.6. The number of aromatic hydroxyl groups is 1. The average molecular weight is 1250 g/mol. The number of nitrogens with zero attached hydrogens (tertiary/aromatic N) is 10. The lowest BCUT2D eigenvalue weighted by atomic mass is 9.79. The van der Waals surface area contributed by atoms with E-state index in [0.29, 0.717) is 106 Å². The zero-order valence-corrected chi connectivity index (χ0v) is 53.6. The summed E-state index contributed by atoms with van der Waals surface area (Å²) < 4.78 is 35.6. The number of hydrogen-bond donors (Lipinski definition) is 4. The number of rotatable bonds is 17. The minimum atomic E-state index is -0.847. The minimum absolute atomic E-state index is 0.00455. The summed E-state index contributed by atoms with van der Waals surface area (Å²) in [6.45, 7) is 19.8. The van der Waals surface area contributed by atoms with E-state index in [1.807, 2.05) is 114 Å². The smallest absolute Gasteiger partial charge is 0.410 e. The molecule has 4 N–H and O–H groups in total. The highest BCUT2D eigenvalue weighted by Crippen LogP contribution is 2.42. The molecule has 3 amide bonds. The second kappa shape index (κ2) is 25.6. The van der Waals surface area contributed by atoms with Crippen LogP contribution < -0.4 is 19.9 Å². The van der Waals surface area contributed by atoms with Gasteiger partial charge in [-0.2, -0.15) is 9.97 Å². The number of piperidine rings is 2. The topological polar surface area (TPSA) is 236 Å². The molecule has 6 atom stereocenters. The third-order valence-corrected chi connectivity index (χ3v) is 20.1. The number of aliphatic hydroxyl groups excluding tert-OH is 1. The number of likely N-dealkylation sites (tertiary alicyclic amines) is 2. The Balaban J connectivity index is 0.659. The lowest BCUT2D eigenvalue weighted by Crippen LogP contribution is -2.57. The van der Waals surface area contributed by atoms with Crippen LogP contribution in [0.1, 0.15) is 134 Å². The van der Waals surface area contributed by atoms with Crippen LogP contribution in [0, 0.1) is 24.6 Å². The van der Waals surface area contributed by atoms with Crippen molar-refractivity contribution in [1.29, 1.82) is 0 Å².